The van der Waals surface area contributed by atoms with Crippen molar-refractivity contribution < 1.29 is 27.1 Å². The van der Waals surface area contributed by atoms with Crippen LogP contribution in [0.4, 0.5) is 23.2 Å². The van der Waals surface area contributed by atoms with Gasteiger partial charge in [0.25, 0.3) is 5.91 Å². The van der Waals surface area contributed by atoms with Gasteiger partial charge in [0, 0.05) is 11.6 Å². The highest BCUT2D eigenvalue weighted by Gasteiger charge is 2.32. The van der Waals surface area contributed by atoms with Gasteiger partial charge in [0.15, 0.2) is 0 Å². The number of carbonyl (C=O) groups is 1. The second kappa shape index (κ2) is 5.01. The van der Waals surface area contributed by atoms with Crippen molar-refractivity contribution in [2.75, 3.05) is 5.32 Å². The van der Waals surface area contributed by atoms with Crippen LogP contribution in [0.2, 0.25) is 0 Å². The highest BCUT2D eigenvalue weighted by molar-refractivity contribution is 5.98. The minimum absolute atomic E-state index is 0.129. The first kappa shape index (κ1) is 14.4. The number of rotatable bonds is 1. The van der Waals surface area contributed by atoms with Crippen molar-refractivity contribution in [3.05, 3.63) is 59.4 Å². The number of halogens is 4. The van der Waals surface area contributed by atoms with Gasteiger partial charge in [-0.05, 0) is 24.3 Å². The van der Waals surface area contributed by atoms with Crippen LogP contribution in [-0.2, 0) is 11.0 Å². The number of alkyl halides is 3. The molecule has 3 rings (SSSR count). The van der Waals surface area contributed by atoms with E-state index in [1.165, 1.54) is 12.1 Å². The Morgan fingerprint density at radius 3 is 2.36 bits per heavy atom. The SMILES string of the molecule is O=C1Nc2ccc(F)cc2O[C@@H]1c1ccc(C(F)(F)F)cc1. The molecule has 1 aliphatic rings. The number of amides is 1. The molecular weight excluding hydrogens is 302 g/mol. The lowest BCUT2D eigenvalue weighted by molar-refractivity contribution is -0.137. The molecule has 2 aromatic rings. The van der Waals surface area contributed by atoms with Crippen molar-refractivity contribution in [3.63, 3.8) is 0 Å². The molecule has 1 atom stereocenters. The summed E-state index contributed by atoms with van der Waals surface area (Å²) in [5.41, 5.74) is -0.256. The summed E-state index contributed by atoms with van der Waals surface area (Å²) in [7, 11) is 0. The summed E-state index contributed by atoms with van der Waals surface area (Å²) in [6.07, 6.45) is -5.58. The van der Waals surface area contributed by atoms with Crippen LogP contribution in [0, 0.1) is 5.82 Å². The van der Waals surface area contributed by atoms with E-state index in [1.807, 2.05) is 0 Å². The molecule has 22 heavy (non-hydrogen) atoms. The summed E-state index contributed by atoms with van der Waals surface area (Å²) in [5, 5.41) is 2.53. The Bertz CT molecular complexity index is 725. The predicted molar refractivity (Wildman–Crippen MR) is 69.8 cm³/mol. The summed E-state index contributed by atoms with van der Waals surface area (Å²) >= 11 is 0. The average molecular weight is 311 g/mol. The minimum atomic E-state index is -4.45. The third-order valence-corrected chi connectivity index (χ3v) is 3.23. The molecule has 0 unspecified atom stereocenters. The second-order valence-corrected chi connectivity index (χ2v) is 4.75. The number of hydrogen-bond acceptors (Lipinski definition) is 2. The molecule has 1 N–H and O–H groups in total. The van der Waals surface area contributed by atoms with E-state index in [1.54, 1.807) is 0 Å². The monoisotopic (exact) mass is 311 g/mol. The first-order valence-electron chi connectivity index (χ1n) is 6.29. The number of ether oxygens (including phenoxy) is 1. The molecule has 0 fully saturated rings. The topological polar surface area (TPSA) is 38.3 Å². The summed E-state index contributed by atoms with van der Waals surface area (Å²) in [4.78, 5) is 12.0. The zero-order valence-electron chi connectivity index (χ0n) is 10.9. The number of anilines is 1. The number of benzene rings is 2. The zero-order chi connectivity index (χ0) is 15.9. The predicted octanol–water partition coefficient (Wildman–Crippen LogP) is 3.92. The first-order chi connectivity index (χ1) is 10.3. The van der Waals surface area contributed by atoms with Crippen molar-refractivity contribution in [1.29, 1.82) is 0 Å². The highest BCUT2D eigenvalue weighted by Crippen LogP contribution is 2.36. The molecule has 0 saturated carbocycles. The van der Waals surface area contributed by atoms with E-state index in [9.17, 15) is 22.4 Å². The molecule has 0 aromatic heterocycles. The Hall–Kier alpha value is -2.57. The molecule has 0 bridgehead atoms. The molecule has 0 aliphatic carbocycles. The van der Waals surface area contributed by atoms with Crippen LogP contribution in [0.3, 0.4) is 0 Å². The fourth-order valence-corrected chi connectivity index (χ4v) is 2.14. The maximum atomic E-state index is 13.2. The lowest BCUT2D eigenvalue weighted by Gasteiger charge is -2.26. The third-order valence-electron chi connectivity index (χ3n) is 3.23. The largest absolute Gasteiger partial charge is 0.474 e. The van der Waals surface area contributed by atoms with Gasteiger partial charge in [0.05, 0.1) is 11.3 Å². The quantitative estimate of drug-likeness (QED) is 0.811. The van der Waals surface area contributed by atoms with Crippen LogP contribution >= 0.6 is 0 Å². The number of hydrogen-bond donors (Lipinski definition) is 1. The summed E-state index contributed by atoms with van der Waals surface area (Å²) in [6.45, 7) is 0. The minimum Gasteiger partial charge on any atom is -0.474 e. The standard InChI is InChI=1S/C15H9F4NO2/c16-10-5-6-11-12(7-10)22-13(14(21)20-11)8-1-3-9(4-2-8)15(17,18)19/h1-7,13H,(H,20,21)/t13-/m1/s1. The highest BCUT2D eigenvalue weighted by atomic mass is 19.4. The molecule has 2 aromatic carbocycles. The molecular formula is C15H9F4NO2. The van der Waals surface area contributed by atoms with Crippen LogP contribution in [0.5, 0.6) is 5.75 Å². The van der Waals surface area contributed by atoms with Crippen LogP contribution in [0.15, 0.2) is 42.5 Å². The van der Waals surface area contributed by atoms with Crippen molar-refractivity contribution in [2.24, 2.45) is 0 Å². The first-order valence-corrected chi connectivity index (χ1v) is 6.29. The van der Waals surface area contributed by atoms with E-state index in [0.717, 1.165) is 30.3 Å². The van der Waals surface area contributed by atoms with Crippen LogP contribution in [0.25, 0.3) is 0 Å². The Kier molecular flexibility index (Phi) is 3.27. The number of fused-ring (bicyclic) bond motifs is 1. The summed E-state index contributed by atoms with van der Waals surface area (Å²) in [5.74, 6) is -0.940. The van der Waals surface area contributed by atoms with Crippen molar-refractivity contribution in [3.8, 4) is 5.75 Å². The lowest BCUT2D eigenvalue weighted by Crippen LogP contribution is -2.30. The third kappa shape index (κ3) is 2.61. The van der Waals surface area contributed by atoms with E-state index in [4.69, 9.17) is 4.74 Å². The van der Waals surface area contributed by atoms with Crippen LogP contribution < -0.4 is 10.1 Å². The Morgan fingerprint density at radius 2 is 1.73 bits per heavy atom. The van der Waals surface area contributed by atoms with Gasteiger partial charge in [-0.25, -0.2) is 4.39 Å². The van der Waals surface area contributed by atoms with Gasteiger partial charge in [-0.1, -0.05) is 12.1 Å². The van der Waals surface area contributed by atoms with Crippen LogP contribution in [0.1, 0.15) is 17.2 Å². The molecule has 0 radical (unpaired) electrons. The summed E-state index contributed by atoms with van der Waals surface area (Å²) in [6, 6.07) is 7.69. The van der Waals surface area contributed by atoms with Gasteiger partial charge in [-0.2, -0.15) is 13.2 Å². The van der Waals surface area contributed by atoms with E-state index >= 15 is 0 Å². The maximum absolute atomic E-state index is 13.2. The van der Waals surface area contributed by atoms with Gasteiger partial charge in [-0.15, -0.1) is 0 Å². The van der Waals surface area contributed by atoms with Crippen molar-refractivity contribution >= 4 is 11.6 Å². The molecule has 3 nitrogen and oxygen atoms in total. The Labute approximate surface area is 122 Å². The summed E-state index contributed by atoms with van der Waals surface area (Å²) < 4.78 is 56.2. The fraction of sp³-hybridized carbons (Fsp3) is 0.133. The lowest BCUT2D eigenvalue weighted by atomic mass is 10.0. The van der Waals surface area contributed by atoms with E-state index in [-0.39, 0.29) is 11.3 Å². The zero-order valence-corrected chi connectivity index (χ0v) is 10.9. The van der Waals surface area contributed by atoms with E-state index < -0.39 is 29.6 Å². The molecule has 0 saturated heterocycles. The molecule has 1 heterocycles. The maximum Gasteiger partial charge on any atom is 0.416 e. The number of nitrogens with one attached hydrogen (secondary N) is 1. The van der Waals surface area contributed by atoms with Crippen molar-refractivity contribution in [1.82, 2.24) is 0 Å². The average Bonchev–Trinajstić information content (AvgIpc) is 2.46. The van der Waals surface area contributed by atoms with Gasteiger partial charge in [0.1, 0.15) is 11.6 Å². The Balaban J connectivity index is 1.91. The fourth-order valence-electron chi connectivity index (χ4n) is 2.14. The molecule has 1 amide bonds. The molecule has 1 aliphatic heterocycles. The Morgan fingerprint density at radius 1 is 1.05 bits per heavy atom. The van der Waals surface area contributed by atoms with Crippen LogP contribution in [-0.4, -0.2) is 5.91 Å². The molecule has 7 heteroatoms. The van der Waals surface area contributed by atoms with E-state index in [0.29, 0.717) is 5.69 Å². The molecule has 0 spiro atoms. The molecule has 114 valence electrons. The second-order valence-electron chi connectivity index (χ2n) is 4.75. The van der Waals surface area contributed by atoms with Gasteiger partial charge >= 0.3 is 6.18 Å². The van der Waals surface area contributed by atoms with Gasteiger partial charge in [0.2, 0.25) is 6.10 Å². The van der Waals surface area contributed by atoms with E-state index in [2.05, 4.69) is 5.32 Å². The van der Waals surface area contributed by atoms with Gasteiger partial charge in [-0.3, -0.25) is 4.79 Å². The normalized spacial score (nSPS) is 17.5. The van der Waals surface area contributed by atoms with Gasteiger partial charge < -0.3 is 10.1 Å². The number of carbonyl (C=O) groups excluding carboxylic acids is 1. The smallest absolute Gasteiger partial charge is 0.416 e. The van der Waals surface area contributed by atoms with Crippen molar-refractivity contribution in [2.45, 2.75) is 12.3 Å².